The number of likely N-dealkylation sites (tertiary alicyclic amines) is 2. The molecule has 0 aromatic heterocycles. The van der Waals surface area contributed by atoms with Crippen molar-refractivity contribution in [3.63, 3.8) is 0 Å². The molecule has 2 amide bonds. The van der Waals surface area contributed by atoms with Gasteiger partial charge < -0.3 is 14.5 Å². The van der Waals surface area contributed by atoms with Crippen LogP contribution in [0.3, 0.4) is 0 Å². The smallest absolute Gasteiger partial charge is 0.248 e. The summed E-state index contributed by atoms with van der Waals surface area (Å²) in [7, 11) is 0. The molecule has 0 N–H and O–H groups in total. The average molecular weight is 373 g/mol. The summed E-state index contributed by atoms with van der Waals surface area (Å²) < 4.78 is 5.22. The highest BCUT2D eigenvalue weighted by atomic mass is 16.5. The Bertz CT molecular complexity index is 640. The number of carbonyl (C=O) groups is 2. The van der Waals surface area contributed by atoms with Crippen LogP contribution in [0, 0.1) is 5.92 Å². The van der Waals surface area contributed by atoms with E-state index in [-0.39, 0.29) is 29.8 Å². The van der Waals surface area contributed by atoms with Crippen molar-refractivity contribution in [2.45, 2.75) is 44.9 Å². The van der Waals surface area contributed by atoms with Gasteiger partial charge in [0.1, 0.15) is 6.61 Å². The Morgan fingerprint density at radius 2 is 1.81 bits per heavy atom. The molecule has 5 heteroatoms. The summed E-state index contributed by atoms with van der Waals surface area (Å²) >= 11 is 0. The number of amides is 2. The van der Waals surface area contributed by atoms with E-state index in [1.807, 2.05) is 17.9 Å². The van der Waals surface area contributed by atoms with Gasteiger partial charge in [0.05, 0.1) is 0 Å². The number of ether oxygens (including phenoxy) is 1. The molecule has 1 aromatic rings. The fraction of sp³-hybridized carbons (Fsp3) is 0.636. The molecule has 2 heterocycles. The van der Waals surface area contributed by atoms with Gasteiger partial charge in [-0.25, -0.2) is 0 Å². The highest BCUT2D eigenvalue weighted by Gasteiger charge is 2.37. The fourth-order valence-electron chi connectivity index (χ4n) is 4.42. The molecule has 1 atom stereocenters. The lowest BCUT2D eigenvalue weighted by Gasteiger charge is -2.43. The lowest BCUT2D eigenvalue weighted by atomic mass is 9.75. The van der Waals surface area contributed by atoms with Crippen molar-refractivity contribution in [2.24, 2.45) is 5.92 Å². The van der Waals surface area contributed by atoms with Crippen molar-refractivity contribution < 1.29 is 14.3 Å². The van der Waals surface area contributed by atoms with Gasteiger partial charge in [-0.1, -0.05) is 37.3 Å². The summed E-state index contributed by atoms with van der Waals surface area (Å²) in [5.41, 5.74) is 1.35. The van der Waals surface area contributed by atoms with E-state index in [0.29, 0.717) is 19.7 Å². The monoisotopic (exact) mass is 372 g/mol. The second kappa shape index (κ2) is 8.87. The van der Waals surface area contributed by atoms with Crippen LogP contribution in [0.15, 0.2) is 30.3 Å². The van der Waals surface area contributed by atoms with Gasteiger partial charge in [-0.2, -0.15) is 0 Å². The number of nitrogens with zero attached hydrogens (tertiary/aromatic N) is 2. The van der Waals surface area contributed by atoms with E-state index < -0.39 is 0 Å². The van der Waals surface area contributed by atoms with Gasteiger partial charge >= 0.3 is 0 Å². The molecular formula is C22H32N2O3. The van der Waals surface area contributed by atoms with Crippen molar-refractivity contribution >= 4 is 11.8 Å². The highest BCUT2D eigenvalue weighted by molar-refractivity contribution is 5.80. The maximum Gasteiger partial charge on any atom is 0.248 e. The summed E-state index contributed by atoms with van der Waals surface area (Å²) in [4.78, 5) is 29.1. The molecule has 2 aliphatic heterocycles. The first-order chi connectivity index (χ1) is 13.0. The van der Waals surface area contributed by atoms with Gasteiger partial charge in [0, 0.05) is 44.1 Å². The minimum Gasteiger partial charge on any atom is -0.372 e. The van der Waals surface area contributed by atoms with E-state index in [4.69, 9.17) is 4.74 Å². The highest BCUT2D eigenvalue weighted by Crippen LogP contribution is 2.34. The minimum atomic E-state index is 0.0311. The summed E-state index contributed by atoms with van der Waals surface area (Å²) in [6.07, 6.45) is 3.68. The maximum absolute atomic E-state index is 13.1. The van der Waals surface area contributed by atoms with Gasteiger partial charge in [-0.15, -0.1) is 0 Å². The second-order valence-electron chi connectivity index (χ2n) is 8.08. The van der Waals surface area contributed by atoms with E-state index in [0.717, 1.165) is 38.8 Å². The lowest BCUT2D eigenvalue weighted by Crippen LogP contribution is -2.51. The predicted molar refractivity (Wildman–Crippen MR) is 105 cm³/mol. The van der Waals surface area contributed by atoms with Gasteiger partial charge in [0.15, 0.2) is 0 Å². The summed E-state index contributed by atoms with van der Waals surface area (Å²) in [6, 6.07) is 10.6. The minimum absolute atomic E-state index is 0.0311. The first-order valence-electron chi connectivity index (χ1n) is 10.2. The molecule has 2 fully saturated rings. The quantitative estimate of drug-likeness (QED) is 0.799. The van der Waals surface area contributed by atoms with Gasteiger partial charge in [0.2, 0.25) is 11.8 Å². The molecule has 5 nitrogen and oxygen atoms in total. The van der Waals surface area contributed by atoms with Crippen molar-refractivity contribution in [1.82, 2.24) is 9.80 Å². The van der Waals surface area contributed by atoms with E-state index in [1.165, 1.54) is 5.56 Å². The molecule has 2 aliphatic rings. The molecule has 3 rings (SSSR count). The molecule has 1 aromatic carbocycles. The van der Waals surface area contributed by atoms with E-state index in [2.05, 4.69) is 36.1 Å². The number of piperidine rings is 2. The maximum atomic E-state index is 13.1. The third kappa shape index (κ3) is 4.70. The van der Waals surface area contributed by atoms with Crippen molar-refractivity contribution in [2.75, 3.05) is 39.4 Å². The lowest BCUT2D eigenvalue weighted by molar-refractivity contribution is -0.144. The molecule has 0 spiro atoms. The molecule has 0 radical (unpaired) electrons. The Kier molecular flexibility index (Phi) is 6.53. The van der Waals surface area contributed by atoms with Crippen LogP contribution in [0.4, 0.5) is 0 Å². The van der Waals surface area contributed by atoms with Crippen LogP contribution in [0.5, 0.6) is 0 Å². The topological polar surface area (TPSA) is 49.9 Å². The normalized spacial score (nSPS) is 24.1. The SMILES string of the molecule is CCOCC(=O)N1CCC(C(=O)N2CCCC(C)(c3ccccc3)C2)CC1. The molecule has 27 heavy (non-hydrogen) atoms. The summed E-state index contributed by atoms with van der Waals surface area (Å²) in [6.45, 7) is 7.82. The van der Waals surface area contributed by atoms with Gasteiger partial charge in [-0.3, -0.25) is 9.59 Å². The van der Waals surface area contributed by atoms with E-state index in [1.54, 1.807) is 0 Å². The molecule has 2 saturated heterocycles. The third-order valence-corrected chi connectivity index (χ3v) is 6.11. The van der Waals surface area contributed by atoms with Crippen LogP contribution in [0.2, 0.25) is 0 Å². The number of hydrogen-bond donors (Lipinski definition) is 0. The molecule has 0 aliphatic carbocycles. The first kappa shape index (κ1) is 19.9. The zero-order valence-electron chi connectivity index (χ0n) is 16.7. The average Bonchev–Trinajstić information content (AvgIpc) is 2.72. The van der Waals surface area contributed by atoms with Crippen molar-refractivity contribution in [3.8, 4) is 0 Å². The van der Waals surface area contributed by atoms with Crippen LogP contribution >= 0.6 is 0 Å². The predicted octanol–water partition coefficient (Wildman–Crippen LogP) is 2.84. The van der Waals surface area contributed by atoms with Crippen LogP contribution in [0.25, 0.3) is 0 Å². The molecular weight excluding hydrogens is 340 g/mol. The Labute approximate surface area is 162 Å². The van der Waals surface area contributed by atoms with E-state index >= 15 is 0 Å². The number of benzene rings is 1. The Balaban J connectivity index is 1.56. The summed E-state index contributed by atoms with van der Waals surface area (Å²) in [5.74, 6) is 0.352. The Hall–Kier alpha value is -1.88. The third-order valence-electron chi connectivity index (χ3n) is 6.11. The fourth-order valence-corrected chi connectivity index (χ4v) is 4.42. The van der Waals surface area contributed by atoms with Crippen LogP contribution in [-0.4, -0.2) is 61.0 Å². The zero-order chi connectivity index (χ0) is 19.3. The molecule has 148 valence electrons. The first-order valence-corrected chi connectivity index (χ1v) is 10.2. The Morgan fingerprint density at radius 3 is 2.48 bits per heavy atom. The van der Waals surface area contributed by atoms with Gasteiger partial charge in [-0.05, 0) is 38.2 Å². The van der Waals surface area contributed by atoms with Crippen molar-refractivity contribution in [1.29, 1.82) is 0 Å². The molecule has 1 unspecified atom stereocenters. The number of carbonyl (C=O) groups excluding carboxylic acids is 2. The van der Waals surface area contributed by atoms with Crippen LogP contribution in [0.1, 0.15) is 45.1 Å². The standard InChI is InChI=1S/C22H32N2O3/c1-3-27-16-20(25)23-14-10-18(11-15-23)21(26)24-13-7-12-22(2,17-24)19-8-5-4-6-9-19/h4-6,8-9,18H,3,7,10-17H2,1-2H3. The number of hydrogen-bond acceptors (Lipinski definition) is 3. The number of rotatable bonds is 5. The molecule has 0 saturated carbocycles. The van der Waals surface area contributed by atoms with Gasteiger partial charge in [0.25, 0.3) is 0 Å². The van der Waals surface area contributed by atoms with Crippen LogP contribution < -0.4 is 0 Å². The zero-order valence-corrected chi connectivity index (χ0v) is 16.7. The van der Waals surface area contributed by atoms with Crippen molar-refractivity contribution in [3.05, 3.63) is 35.9 Å². The summed E-state index contributed by atoms with van der Waals surface area (Å²) in [5, 5.41) is 0. The van der Waals surface area contributed by atoms with E-state index in [9.17, 15) is 9.59 Å². The largest absolute Gasteiger partial charge is 0.372 e. The molecule has 0 bridgehead atoms. The Morgan fingerprint density at radius 1 is 1.11 bits per heavy atom. The second-order valence-corrected chi connectivity index (χ2v) is 8.08. The van der Waals surface area contributed by atoms with Crippen LogP contribution in [-0.2, 0) is 19.7 Å².